The molecule has 2 aromatic carbocycles. The van der Waals surface area contributed by atoms with E-state index in [1.807, 2.05) is 12.1 Å². The number of methoxy groups -OCH3 is 1. The van der Waals surface area contributed by atoms with E-state index in [0.29, 0.717) is 12.2 Å². The Morgan fingerprint density at radius 1 is 1.23 bits per heavy atom. The van der Waals surface area contributed by atoms with Gasteiger partial charge in [-0.15, -0.1) is 11.8 Å². The molecular formula is C22H27NO2S. The molecule has 0 saturated heterocycles. The van der Waals surface area contributed by atoms with Gasteiger partial charge in [-0.1, -0.05) is 50.2 Å². The van der Waals surface area contributed by atoms with Crippen LogP contribution in [0.4, 0.5) is 0 Å². The third kappa shape index (κ3) is 3.67. The van der Waals surface area contributed by atoms with E-state index in [4.69, 9.17) is 4.74 Å². The third-order valence-electron chi connectivity index (χ3n) is 5.17. The smallest absolute Gasteiger partial charge is 0.153 e. The highest BCUT2D eigenvalue weighted by molar-refractivity contribution is 7.99. The fourth-order valence-corrected chi connectivity index (χ4v) is 4.94. The molecule has 2 aromatic rings. The number of fused-ring (bicyclic) bond motifs is 1. The summed E-state index contributed by atoms with van der Waals surface area (Å²) in [5, 5.41) is 3.76. The van der Waals surface area contributed by atoms with E-state index < -0.39 is 5.54 Å². The molecule has 0 aliphatic carbocycles. The molecule has 0 saturated carbocycles. The van der Waals surface area contributed by atoms with Crippen LogP contribution in [-0.2, 0) is 4.79 Å². The number of Topliss-reactive ketones (excluding diaryl/α,β-unsaturated/α-hetero) is 1. The molecule has 0 fully saturated rings. The van der Waals surface area contributed by atoms with E-state index in [1.54, 1.807) is 18.9 Å². The highest BCUT2D eigenvalue weighted by Gasteiger charge is 2.40. The molecule has 3 rings (SSSR count). The molecule has 0 bridgehead atoms. The second-order valence-electron chi connectivity index (χ2n) is 6.79. The van der Waals surface area contributed by atoms with Gasteiger partial charge in [0.15, 0.2) is 5.78 Å². The Hall–Kier alpha value is -1.78. The van der Waals surface area contributed by atoms with Gasteiger partial charge in [0.05, 0.1) is 18.7 Å². The summed E-state index contributed by atoms with van der Waals surface area (Å²) < 4.78 is 5.43. The number of benzene rings is 2. The number of rotatable bonds is 6. The molecule has 26 heavy (non-hydrogen) atoms. The van der Waals surface area contributed by atoms with Crippen LogP contribution in [0.2, 0.25) is 0 Å². The lowest BCUT2D eigenvalue weighted by Crippen LogP contribution is -2.54. The Labute approximate surface area is 160 Å². The maximum absolute atomic E-state index is 13.1. The van der Waals surface area contributed by atoms with Crippen molar-refractivity contribution < 1.29 is 9.53 Å². The number of nitrogens with one attached hydrogen (secondary N) is 1. The highest BCUT2D eigenvalue weighted by Crippen LogP contribution is 2.41. The second-order valence-corrected chi connectivity index (χ2v) is 7.81. The number of carbonyl (C=O) groups excluding carboxylic acids is 1. The van der Waals surface area contributed by atoms with E-state index in [0.717, 1.165) is 24.3 Å². The Bertz CT molecular complexity index is 762. The molecule has 1 aliphatic heterocycles. The third-order valence-corrected chi connectivity index (χ3v) is 6.48. The fraction of sp³-hybridized carbons (Fsp3) is 0.409. The first-order valence-corrected chi connectivity index (χ1v) is 10.3. The van der Waals surface area contributed by atoms with E-state index in [9.17, 15) is 4.79 Å². The molecule has 4 heteroatoms. The molecule has 1 N–H and O–H groups in total. The minimum absolute atomic E-state index is 0.00661. The van der Waals surface area contributed by atoms with Crippen LogP contribution in [0.1, 0.15) is 50.3 Å². The van der Waals surface area contributed by atoms with Crippen molar-refractivity contribution in [1.82, 2.24) is 5.32 Å². The van der Waals surface area contributed by atoms with E-state index in [1.165, 1.54) is 16.0 Å². The number of ketones is 1. The Kier molecular flexibility index (Phi) is 6.05. The first kappa shape index (κ1) is 19.0. The SMILES string of the molecule is CCCC(=O)C1(CC)CSc2cc(OC)ccc2C(c2ccccc2)N1. The van der Waals surface area contributed by atoms with Crippen molar-refractivity contribution in [2.24, 2.45) is 0 Å². The Morgan fingerprint density at radius 2 is 2.00 bits per heavy atom. The average molecular weight is 370 g/mol. The van der Waals surface area contributed by atoms with Gasteiger partial charge in [-0.05, 0) is 36.1 Å². The van der Waals surface area contributed by atoms with Crippen molar-refractivity contribution in [1.29, 1.82) is 0 Å². The van der Waals surface area contributed by atoms with Crippen LogP contribution in [0.3, 0.4) is 0 Å². The van der Waals surface area contributed by atoms with Crippen LogP contribution in [-0.4, -0.2) is 24.2 Å². The molecular weight excluding hydrogens is 342 g/mol. The second kappa shape index (κ2) is 8.28. The van der Waals surface area contributed by atoms with Gasteiger partial charge >= 0.3 is 0 Å². The normalized spacial score (nSPS) is 22.3. The maximum atomic E-state index is 13.1. The zero-order valence-corrected chi connectivity index (χ0v) is 16.6. The lowest BCUT2D eigenvalue weighted by molar-refractivity contribution is -0.125. The molecule has 3 nitrogen and oxygen atoms in total. The van der Waals surface area contributed by atoms with Crippen LogP contribution in [0.25, 0.3) is 0 Å². The van der Waals surface area contributed by atoms with E-state index in [-0.39, 0.29) is 6.04 Å². The fourth-order valence-electron chi connectivity index (χ4n) is 3.54. The minimum atomic E-state index is -0.507. The topological polar surface area (TPSA) is 38.3 Å². The van der Waals surface area contributed by atoms with Crippen LogP contribution in [0, 0.1) is 0 Å². The summed E-state index contributed by atoms with van der Waals surface area (Å²) in [4.78, 5) is 14.2. The Morgan fingerprint density at radius 3 is 2.65 bits per heavy atom. The quantitative estimate of drug-likeness (QED) is 0.778. The zero-order chi connectivity index (χ0) is 18.6. The summed E-state index contributed by atoms with van der Waals surface area (Å²) in [6.07, 6.45) is 2.28. The zero-order valence-electron chi connectivity index (χ0n) is 15.7. The number of thioether (sulfide) groups is 1. The summed E-state index contributed by atoms with van der Waals surface area (Å²) in [5.74, 6) is 1.91. The van der Waals surface area contributed by atoms with Crippen LogP contribution in [0.15, 0.2) is 53.4 Å². The Balaban J connectivity index is 2.09. The first-order valence-electron chi connectivity index (χ1n) is 9.30. The van der Waals surface area contributed by atoms with Crippen molar-refractivity contribution in [3.63, 3.8) is 0 Å². The summed E-state index contributed by atoms with van der Waals surface area (Å²) in [6, 6.07) is 16.6. The molecule has 0 radical (unpaired) electrons. The van der Waals surface area contributed by atoms with Crippen molar-refractivity contribution >= 4 is 17.5 Å². The molecule has 138 valence electrons. The summed E-state index contributed by atoms with van der Waals surface area (Å²) >= 11 is 1.76. The number of hydrogen-bond acceptors (Lipinski definition) is 4. The average Bonchev–Trinajstić information content (AvgIpc) is 2.86. The van der Waals surface area contributed by atoms with Crippen molar-refractivity contribution in [2.75, 3.05) is 12.9 Å². The largest absolute Gasteiger partial charge is 0.497 e. The van der Waals surface area contributed by atoms with Crippen molar-refractivity contribution in [2.45, 2.75) is 49.6 Å². The summed E-state index contributed by atoms with van der Waals surface area (Å²) in [7, 11) is 1.69. The number of ether oxygens (including phenoxy) is 1. The molecule has 0 aromatic heterocycles. The predicted octanol–water partition coefficient (Wildman–Crippen LogP) is 5.00. The molecule has 1 aliphatic rings. The standard InChI is InChI=1S/C22H27NO2S/c1-4-9-20(24)22(5-2)15-26-19-14-17(25-3)12-13-18(19)21(23-22)16-10-7-6-8-11-16/h6-8,10-14,21,23H,4-5,9,15H2,1-3H3. The van der Waals surface area contributed by atoms with E-state index >= 15 is 0 Å². The molecule has 0 spiro atoms. The van der Waals surface area contributed by atoms with Crippen LogP contribution >= 0.6 is 11.8 Å². The highest BCUT2D eigenvalue weighted by atomic mass is 32.2. The minimum Gasteiger partial charge on any atom is -0.497 e. The van der Waals surface area contributed by atoms with Gasteiger partial charge in [0.1, 0.15) is 5.75 Å². The molecule has 2 unspecified atom stereocenters. The lowest BCUT2D eigenvalue weighted by Gasteiger charge is -2.34. The first-order chi connectivity index (χ1) is 12.6. The number of carbonyl (C=O) groups is 1. The van der Waals surface area contributed by atoms with Crippen LogP contribution < -0.4 is 10.1 Å². The van der Waals surface area contributed by atoms with Gasteiger partial charge in [0, 0.05) is 17.1 Å². The summed E-state index contributed by atoms with van der Waals surface area (Å²) in [5.41, 5.74) is 1.89. The van der Waals surface area contributed by atoms with Gasteiger partial charge < -0.3 is 4.74 Å². The molecule has 0 amide bonds. The van der Waals surface area contributed by atoms with Crippen molar-refractivity contribution in [3.8, 4) is 5.75 Å². The van der Waals surface area contributed by atoms with Crippen molar-refractivity contribution in [3.05, 3.63) is 59.7 Å². The molecule has 1 heterocycles. The lowest BCUT2D eigenvalue weighted by atomic mass is 9.87. The van der Waals surface area contributed by atoms with Crippen LogP contribution in [0.5, 0.6) is 5.75 Å². The van der Waals surface area contributed by atoms with Gasteiger partial charge in [0.25, 0.3) is 0 Å². The summed E-state index contributed by atoms with van der Waals surface area (Å²) in [6.45, 7) is 4.18. The van der Waals surface area contributed by atoms with E-state index in [2.05, 4.69) is 55.6 Å². The van der Waals surface area contributed by atoms with Gasteiger partial charge in [-0.3, -0.25) is 10.1 Å². The predicted molar refractivity (Wildman–Crippen MR) is 108 cm³/mol. The van der Waals surface area contributed by atoms with Gasteiger partial charge in [-0.25, -0.2) is 0 Å². The molecule has 2 atom stereocenters. The van der Waals surface area contributed by atoms with Gasteiger partial charge in [-0.2, -0.15) is 0 Å². The number of hydrogen-bond donors (Lipinski definition) is 1. The van der Waals surface area contributed by atoms with Gasteiger partial charge in [0.2, 0.25) is 0 Å². The monoisotopic (exact) mass is 369 g/mol. The maximum Gasteiger partial charge on any atom is 0.153 e.